The maximum absolute atomic E-state index is 13.0. The zero-order valence-electron chi connectivity index (χ0n) is 9.65. The van der Waals surface area contributed by atoms with Crippen LogP contribution in [0.3, 0.4) is 0 Å². The maximum Gasteiger partial charge on any atom is 0.331 e. The van der Waals surface area contributed by atoms with Gasteiger partial charge in [-0.2, -0.15) is 0 Å². The average Bonchev–Trinajstić information content (AvgIpc) is 2.36. The molecule has 5 heteroatoms. The van der Waals surface area contributed by atoms with Crippen molar-refractivity contribution in [3.63, 3.8) is 0 Å². The molecule has 94 valence electrons. The molecule has 1 aromatic carbocycles. The van der Waals surface area contributed by atoms with E-state index < -0.39 is 24.6 Å². The normalized spacial score (nSPS) is 14.4. The highest BCUT2D eigenvalue weighted by Crippen LogP contribution is 2.31. The van der Waals surface area contributed by atoms with E-state index >= 15 is 0 Å². The van der Waals surface area contributed by atoms with Crippen molar-refractivity contribution < 1.29 is 23.0 Å². The molecule has 1 rings (SSSR count). The SMILES string of the molecule is COC(=O)CO[C@@](C)(c1ccccc1)C(F)F. The molecule has 0 aromatic heterocycles. The van der Waals surface area contributed by atoms with Gasteiger partial charge in [-0.15, -0.1) is 0 Å². The topological polar surface area (TPSA) is 35.5 Å². The molecule has 17 heavy (non-hydrogen) atoms. The van der Waals surface area contributed by atoms with Crippen LogP contribution < -0.4 is 0 Å². The molecule has 1 aromatic rings. The van der Waals surface area contributed by atoms with Crippen molar-refractivity contribution in [2.75, 3.05) is 13.7 Å². The van der Waals surface area contributed by atoms with Gasteiger partial charge < -0.3 is 9.47 Å². The van der Waals surface area contributed by atoms with E-state index in [9.17, 15) is 13.6 Å². The lowest BCUT2D eigenvalue weighted by Crippen LogP contribution is -2.36. The summed E-state index contributed by atoms with van der Waals surface area (Å²) in [6.45, 7) is 0.738. The molecule has 0 saturated heterocycles. The Hall–Kier alpha value is -1.49. The number of esters is 1. The van der Waals surface area contributed by atoms with Gasteiger partial charge in [0.25, 0.3) is 6.43 Å². The molecule has 3 nitrogen and oxygen atoms in total. The fourth-order valence-electron chi connectivity index (χ4n) is 1.31. The molecule has 0 radical (unpaired) electrons. The summed E-state index contributed by atoms with van der Waals surface area (Å²) in [5.74, 6) is -0.687. The summed E-state index contributed by atoms with van der Waals surface area (Å²) in [4.78, 5) is 10.9. The molecule has 0 aliphatic carbocycles. The predicted molar refractivity (Wildman–Crippen MR) is 57.8 cm³/mol. The predicted octanol–water partition coefficient (Wildman–Crippen LogP) is 2.36. The van der Waals surface area contributed by atoms with Crippen molar-refractivity contribution in [3.05, 3.63) is 35.9 Å². The Bertz CT molecular complexity index is 367. The second-order valence-electron chi connectivity index (χ2n) is 3.64. The lowest BCUT2D eigenvalue weighted by molar-refractivity contribution is -0.168. The molecule has 0 bridgehead atoms. The fraction of sp³-hybridized carbons (Fsp3) is 0.417. The largest absolute Gasteiger partial charge is 0.467 e. The van der Waals surface area contributed by atoms with Crippen LogP contribution in [0.2, 0.25) is 0 Å². The van der Waals surface area contributed by atoms with Gasteiger partial charge >= 0.3 is 5.97 Å². The van der Waals surface area contributed by atoms with Crippen LogP contribution >= 0.6 is 0 Å². The minimum Gasteiger partial charge on any atom is -0.467 e. The first kappa shape index (κ1) is 13.6. The molecule has 0 unspecified atom stereocenters. The van der Waals surface area contributed by atoms with Crippen LogP contribution in [0, 0.1) is 0 Å². The first-order chi connectivity index (χ1) is 8.00. The quantitative estimate of drug-likeness (QED) is 0.746. The molecule has 0 heterocycles. The van der Waals surface area contributed by atoms with Crippen molar-refractivity contribution in [1.29, 1.82) is 0 Å². The van der Waals surface area contributed by atoms with E-state index in [0.29, 0.717) is 5.56 Å². The molecular weight excluding hydrogens is 230 g/mol. The zero-order valence-corrected chi connectivity index (χ0v) is 9.65. The number of methoxy groups -OCH3 is 1. The second-order valence-corrected chi connectivity index (χ2v) is 3.64. The van der Waals surface area contributed by atoms with Crippen LogP contribution in [-0.4, -0.2) is 26.1 Å². The summed E-state index contributed by atoms with van der Waals surface area (Å²) in [6.07, 6.45) is -2.74. The monoisotopic (exact) mass is 244 g/mol. The summed E-state index contributed by atoms with van der Waals surface area (Å²) < 4.78 is 35.5. The molecule has 0 amide bonds. The Morgan fingerprint density at radius 1 is 1.35 bits per heavy atom. The van der Waals surface area contributed by atoms with Gasteiger partial charge in [0.15, 0.2) is 5.60 Å². The summed E-state index contributed by atoms with van der Waals surface area (Å²) in [5.41, 5.74) is -1.49. The number of carbonyl (C=O) groups is 1. The number of halogens is 2. The Morgan fingerprint density at radius 3 is 2.41 bits per heavy atom. The number of alkyl halides is 2. The van der Waals surface area contributed by atoms with Gasteiger partial charge in [0.1, 0.15) is 6.61 Å². The average molecular weight is 244 g/mol. The third-order valence-corrected chi connectivity index (χ3v) is 2.48. The van der Waals surface area contributed by atoms with E-state index in [0.717, 1.165) is 0 Å². The Labute approximate surface area is 98.3 Å². The van der Waals surface area contributed by atoms with E-state index in [1.807, 2.05) is 0 Å². The minimum atomic E-state index is -2.74. The van der Waals surface area contributed by atoms with E-state index in [4.69, 9.17) is 4.74 Å². The molecular formula is C12H14F2O3. The van der Waals surface area contributed by atoms with Crippen molar-refractivity contribution in [2.24, 2.45) is 0 Å². The van der Waals surface area contributed by atoms with Crippen molar-refractivity contribution >= 4 is 5.97 Å². The number of ether oxygens (including phenoxy) is 2. The zero-order chi connectivity index (χ0) is 12.9. The van der Waals surface area contributed by atoms with Gasteiger partial charge in [-0.1, -0.05) is 30.3 Å². The van der Waals surface area contributed by atoms with E-state index in [1.54, 1.807) is 18.2 Å². The number of benzene rings is 1. The van der Waals surface area contributed by atoms with Crippen molar-refractivity contribution in [2.45, 2.75) is 19.0 Å². The minimum absolute atomic E-state index is 0.318. The Kier molecular flexibility index (Phi) is 4.57. The van der Waals surface area contributed by atoms with Crippen LogP contribution in [0.1, 0.15) is 12.5 Å². The van der Waals surface area contributed by atoms with Crippen molar-refractivity contribution in [1.82, 2.24) is 0 Å². The molecule has 0 saturated carbocycles. The van der Waals surface area contributed by atoms with Crippen molar-refractivity contribution in [3.8, 4) is 0 Å². The summed E-state index contributed by atoms with van der Waals surface area (Å²) >= 11 is 0. The highest BCUT2D eigenvalue weighted by Gasteiger charge is 2.38. The van der Waals surface area contributed by atoms with Gasteiger partial charge in [0.2, 0.25) is 0 Å². The molecule has 0 aliphatic heterocycles. The smallest absolute Gasteiger partial charge is 0.331 e. The van der Waals surface area contributed by atoms with Gasteiger partial charge in [-0.05, 0) is 12.5 Å². The van der Waals surface area contributed by atoms with Crippen LogP contribution in [0.15, 0.2) is 30.3 Å². The molecule has 0 fully saturated rings. The standard InChI is InChI=1S/C12H14F2O3/c1-12(11(13)14,17-8-10(15)16-2)9-6-4-3-5-7-9/h3-7,11H,8H2,1-2H3/t12-/m0/s1. The highest BCUT2D eigenvalue weighted by atomic mass is 19.3. The highest BCUT2D eigenvalue weighted by molar-refractivity contribution is 5.70. The molecule has 0 spiro atoms. The fourth-order valence-corrected chi connectivity index (χ4v) is 1.31. The van der Waals surface area contributed by atoms with E-state index in [-0.39, 0.29) is 0 Å². The van der Waals surface area contributed by atoms with Gasteiger partial charge in [-0.3, -0.25) is 0 Å². The summed E-state index contributed by atoms with van der Waals surface area (Å²) in [7, 11) is 1.17. The number of carbonyl (C=O) groups excluding carboxylic acids is 1. The van der Waals surface area contributed by atoms with Gasteiger partial charge in [0.05, 0.1) is 7.11 Å². The summed E-state index contributed by atoms with van der Waals surface area (Å²) in [5, 5.41) is 0. The first-order valence-electron chi connectivity index (χ1n) is 5.05. The first-order valence-corrected chi connectivity index (χ1v) is 5.05. The van der Waals surface area contributed by atoms with Gasteiger partial charge in [-0.25, -0.2) is 13.6 Å². The Balaban J connectivity index is 2.87. The number of hydrogen-bond donors (Lipinski definition) is 0. The lowest BCUT2D eigenvalue weighted by atomic mass is 9.96. The third kappa shape index (κ3) is 3.23. The van der Waals surface area contributed by atoms with Crippen LogP contribution in [-0.2, 0) is 19.9 Å². The van der Waals surface area contributed by atoms with Crippen LogP contribution in [0.25, 0.3) is 0 Å². The van der Waals surface area contributed by atoms with E-state index in [1.165, 1.54) is 26.2 Å². The van der Waals surface area contributed by atoms with Gasteiger partial charge in [0, 0.05) is 0 Å². The van der Waals surface area contributed by atoms with E-state index in [2.05, 4.69) is 4.74 Å². The Morgan fingerprint density at radius 2 is 1.94 bits per heavy atom. The molecule has 0 N–H and O–H groups in total. The number of hydrogen-bond acceptors (Lipinski definition) is 3. The molecule has 1 atom stereocenters. The van der Waals surface area contributed by atoms with Crippen LogP contribution in [0.5, 0.6) is 0 Å². The maximum atomic E-state index is 13.0. The summed E-state index contributed by atoms with van der Waals surface area (Å²) in [6, 6.07) is 8.05. The lowest BCUT2D eigenvalue weighted by Gasteiger charge is -2.29. The molecule has 0 aliphatic rings. The third-order valence-electron chi connectivity index (χ3n) is 2.48. The van der Waals surface area contributed by atoms with Crippen LogP contribution in [0.4, 0.5) is 8.78 Å². The number of rotatable bonds is 5. The second kappa shape index (κ2) is 5.72.